The third kappa shape index (κ3) is 8.16. The maximum absolute atomic E-state index is 12.0. The molecule has 0 fully saturated rings. The van der Waals surface area contributed by atoms with Gasteiger partial charge in [0, 0.05) is 17.5 Å². The highest BCUT2D eigenvalue weighted by Crippen LogP contribution is 2.19. The number of hydrogen-bond acceptors (Lipinski definition) is 2. The third-order valence-corrected chi connectivity index (χ3v) is 3.96. The van der Waals surface area contributed by atoms with E-state index in [1.165, 1.54) is 11.1 Å². The van der Waals surface area contributed by atoms with Crippen molar-refractivity contribution in [1.82, 2.24) is 10.6 Å². The minimum atomic E-state index is -0.437. The van der Waals surface area contributed by atoms with E-state index in [1.54, 1.807) is 0 Å². The highest BCUT2D eigenvalue weighted by molar-refractivity contribution is 5.94. The second-order valence-electron chi connectivity index (χ2n) is 7.73. The summed E-state index contributed by atoms with van der Waals surface area (Å²) in [5.41, 5.74) is 2.55. The Bertz CT molecular complexity index is 551. The van der Waals surface area contributed by atoms with Crippen LogP contribution >= 0.6 is 0 Å². The second-order valence-corrected chi connectivity index (χ2v) is 7.73. The van der Waals surface area contributed by atoms with Gasteiger partial charge in [-0.25, -0.2) is 4.79 Å². The van der Waals surface area contributed by atoms with E-state index in [2.05, 4.69) is 62.6 Å². The maximum Gasteiger partial charge on any atom is 0.321 e. The van der Waals surface area contributed by atoms with Crippen LogP contribution in [-0.4, -0.2) is 24.5 Å². The molecule has 0 saturated carbocycles. The number of nitrogens with two attached hydrogens (primary N) is 1. The first-order valence-corrected chi connectivity index (χ1v) is 9.21. The largest absolute Gasteiger partial charge is 0.336 e. The fraction of sp³-hybridized carbons (Fsp3) is 0.600. The molecular formula is C20H34N3O2+. The first kappa shape index (κ1) is 21.2. The number of imide groups is 1. The number of amides is 3. The van der Waals surface area contributed by atoms with Crippen LogP contribution in [0.3, 0.4) is 0 Å². The first-order valence-electron chi connectivity index (χ1n) is 9.21. The Morgan fingerprint density at radius 3 is 2.08 bits per heavy atom. The van der Waals surface area contributed by atoms with Crippen LogP contribution in [0.15, 0.2) is 24.3 Å². The van der Waals surface area contributed by atoms with Gasteiger partial charge in [0.2, 0.25) is 0 Å². The molecule has 1 aromatic carbocycles. The molecule has 4 N–H and O–H groups in total. The van der Waals surface area contributed by atoms with Gasteiger partial charge >= 0.3 is 6.03 Å². The van der Waals surface area contributed by atoms with Crippen LogP contribution in [0.4, 0.5) is 4.79 Å². The molecule has 0 aliphatic rings. The van der Waals surface area contributed by atoms with E-state index in [1.807, 2.05) is 19.2 Å². The van der Waals surface area contributed by atoms with Crippen molar-refractivity contribution in [1.29, 1.82) is 0 Å². The first-order chi connectivity index (χ1) is 11.7. The van der Waals surface area contributed by atoms with Gasteiger partial charge in [-0.05, 0) is 31.7 Å². The number of quaternary nitrogens is 1. The van der Waals surface area contributed by atoms with Crippen LogP contribution in [0.25, 0.3) is 0 Å². The lowest BCUT2D eigenvalue weighted by Gasteiger charge is -2.20. The van der Waals surface area contributed by atoms with Crippen molar-refractivity contribution in [2.24, 2.45) is 11.8 Å². The summed E-state index contributed by atoms with van der Waals surface area (Å²) in [5, 5.41) is 7.02. The molecule has 0 saturated heterocycles. The number of urea groups is 1. The fourth-order valence-corrected chi connectivity index (χ4v) is 2.85. The predicted molar refractivity (Wildman–Crippen MR) is 101 cm³/mol. The van der Waals surface area contributed by atoms with Gasteiger partial charge in [0.1, 0.15) is 6.04 Å². The molecule has 0 aliphatic carbocycles. The lowest BCUT2D eigenvalue weighted by molar-refractivity contribution is -0.692. The summed E-state index contributed by atoms with van der Waals surface area (Å²) in [6.07, 6.45) is 1.07. The van der Waals surface area contributed by atoms with Gasteiger partial charge in [-0.2, -0.15) is 0 Å². The van der Waals surface area contributed by atoms with E-state index in [9.17, 15) is 9.59 Å². The van der Waals surface area contributed by atoms with Gasteiger partial charge in [0.15, 0.2) is 6.54 Å². The number of carbonyl (C=O) groups is 2. The molecule has 3 amide bonds. The quantitative estimate of drug-likeness (QED) is 0.675. The molecular weight excluding hydrogens is 314 g/mol. The van der Waals surface area contributed by atoms with E-state index in [-0.39, 0.29) is 24.5 Å². The van der Waals surface area contributed by atoms with Gasteiger partial charge < -0.3 is 10.6 Å². The smallest absolute Gasteiger partial charge is 0.321 e. The Balaban J connectivity index is 2.62. The van der Waals surface area contributed by atoms with Crippen molar-refractivity contribution in [3.05, 3.63) is 35.4 Å². The normalized spacial score (nSPS) is 12.5. The zero-order valence-corrected chi connectivity index (χ0v) is 16.4. The molecule has 0 aliphatic heterocycles. The summed E-state index contributed by atoms with van der Waals surface area (Å²) in [7, 11) is 0. The van der Waals surface area contributed by atoms with Gasteiger partial charge in [-0.1, -0.05) is 52.0 Å². The Hall–Kier alpha value is -1.88. The van der Waals surface area contributed by atoms with Crippen LogP contribution in [0.5, 0.6) is 0 Å². The van der Waals surface area contributed by atoms with E-state index in [0.29, 0.717) is 11.8 Å². The third-order valence-electron chi connectivity index (χ3n) is 3.96. The molecule has 0 bridgehead atoms. The van der Waals surface area contributed by atoms with Crippen LogP contribution < -0.4 is 16.0 Å². The van der Waals surface area contributed by atoms with Crippen LogP contribution in [0, 0.1) is 11.8 Å². The van der Waals surface area contributed by atoms with E-state index in [4.69, 9.17) is 0 Å². The minimum Gasteiger partial charge on any atom is -0.336 e. The number of hydrogen-bond donors (Lipinski definition) is 3. The van der Waals surface area contributed by atoms with Gasteiger partial charge in [-0.15, -0.1) is 0 Å². The highest BCUT2D eigenvalue weighted by Gasteiger charge is 2.21. The lowest BCUT2D eigenvalue weighted by Crippen LogP contribution is -2.88. The molecule has 0 aromatic heterocycles. The summed E-state index contributed by atoms with van der Waals surface area (Å²) in [6.45, 7) is 12.7. The zero-order chi connectivity index (χ0) is 19.0. The standard InChI is InChI=1S/C20H33N3O2/c1-13(2)11-16-7-9-17(10-8-16)19(14(3)4)21-12-18(24)23-20(25)22-15(5)6/h7-10,13-15,19,21H,11-12H2,1-6H3,(H2,22,23,24,25)/p+1/t19-/m1/s1. The molecule has 1 atom stereocenters. The molecule has 1 rings (SSSR count). The predicted octanol–water partition coefficient (Wildman–Crippen LogP) is 2.38. The maximum atomic E-state index is 12.0. The number of carbonyl (C=O) groups excluding carboxylic acids is 2. The van der Waals surface area contributed by atoms with Crippen LogP contribution in [0.2, 0.25) is 0 Å². The average Bonchev–Trinajstić information content (AvgIpc) is 2.47. The van der Waals surface area contributed by atoms with Crippen molar-refractivity contribution >= 4 is 11.9 Å². The Morgan fingerprint density at radius 2 is 1.60 bits per heavy atom. The van der Waals surface area contributed by atoms with Crippen LogP contribution in [-0.2, 0) is 11.2 Å². The Morgan fingerprint density at radius 1 is 1.00 bits per heavy atom. The molecule has 140 valence electrons. The minimum absolute atomic E-state index is 0.00421. The van der Waals surface area contributed by atoms with Crippen molar-refractivity contribution in [2.45, 2.75) is 60.0 Å². The molecule has 5 nitrogen and oxygen atoms in total. The molecule has 0 unspecified atom stereocenters. The lowest BCUT2D eigenvalue weighted by atomic mass is 9.94. The van der Waals surface area contributed by atoms with Crippen molar-refractivity contribution < 1.29 is 14.9 Å². The summed E-state index contributed by atoms with van der Waals surface area (Å²) in [4.78, 5) is 23.5. The molecule has 0 radical (unpaired) electrons. The average molecular weight is 349 g/mol. The monoisotopic (exact) mass is 348 g/mol. The molecule has 0 spiro atoms. The van der Waals surface area contributed by atoms with Gasteiger partial charge in [-0.3, -0.25) is 10.1 Å². The Kier molecular flexibility index (Phi) is 8.62. The second kappa shape index (κ2) is 10.2. The van der Waals surface area contributed by atoms with E-state index in [0.717, 1.165) is 6.42 Å². The summed E-state index contributed by atoms with van der Waals surface area (Å²) in [5.74, 6) is 0.743. The van der Waals surface area contributed by atoms with Crippen LogP contribution in [0.1, 0.15) is 58.7 Å². The highest BCUT2D eigenvalue weighted by atomic mass is 16.2. The molecule has 25 heavy (non-hydrogen) atoms. The topological polar surface area (TPSA) is 74.8 Å². The SMILES string of the molecule is CC(C)Cc1ccc([C@H]([NH2+]CC(=O)NC(=O)NC(C)C)C(C)C)cc1. The fourth-order valence-electron chi connectivity index (χ4n) is 2.85. The van der Waals surface area contributed by atoms with Crippen molar-refractivity contribution in [3.8, 4) is 0 Å². The van der Waals surface area contributed by atoms with E-state index < -0.39 is 6.03 Å². The van der Waals surface area contributed by atoms with Crippen molar-refractivity contribution in [2.75, 3.05) is 6.54 Å². The molecule has 1 aromatic rings. The van der Waals surface area contributed by atoms with Crippen molar-refractivity contribution in [3.63, 3.8) is 0 Å². The summed E-state index contributed by atoms with van der Waals surface area (Å²) < 4.78 is 0. The summed E-state index contributed by atoms with van der Waals surface area (Å²) >= 11 is 0. The van der Waals surface area contributed by atoms with E-state index >= 15 is 0 Å². The number of nitrogens with one attached hydrogen (secondary N) is 2. The number of benzene rings is 1. The zero-order valence-electron chi connectivity index (χ0n) is 16.4. The Labute approximate surface area is 152 Å². The number of rotatable bonds is 8. The van der Waals surface area contributed by atoms with Gasteiger partial charge in [0.05, 0.1) is 0 Å². The summed E-state index contributed by atoms with van der Waals surface area (Å²) in [6, 6.07) is 8.41. The molecule has 5 heteroatoms. The van der Waals surface area contributed by atoms with Gasteiger partial charge in [0.25, 0.3) is 5.91 Å². The molecule has 0 heterocycles.